The Morgan fingerprint density at radius 1 is 0.759 bits per heavy atom. The first-order valence-electron chi connectivity index (χ1n) is 10.6. The van der Waals surface area contributed by atoms with Crippen LogP contribution >= 0.6 is 0 Å². The predicted octanol–water partition coefficient (Wildman–Crippen LogP) is 4.64. The lowest BCUT2D eigenvalue weighted by Crippen LogP contribution is -2.57. The van der Waals surface area contributed by atoms with Crippen molar-refractivity contribution in [2.24, 2.45) is 0 Å². The zero-order valence-electron chi connectivity index (χ0n) is 17.2. The Bertz CT molecular complexity index is 827. The van der Waals surface area contributed by atoms with Gasteiger partial charge >= 0.3 is 0 Å². The molecular formula is C26H30O2Si. The van der Waals surface area contributed by atoms with Crippen LogP contribution in [0.3, 0.4) is 0 Å². The molecule has 0 aromatic heterocycles. The van der Waals surface area contributed by atoms with Gasteiger partial charge in [0.25, 0.3) is 0 Å². The summed E-state index contributed by atoms with van der Waals surface area (Å²) in [4.78, 5) is 0. The smallest absolute Gasteiger partial charge is 0.117 e. The van der Waals surface area contributed by atoms with Crippen LogP contribution in [0.5, 0.6) is 0 Å². The molecule has 1 aliphatic heterocycles. The molecule has 3 aromatic rings. The summed E-state index contributed by atoms with van der Waals surface area (Å²) in [6, 6.07) is 33.6. The van der Waals surface area contributed by atoms with Crippen LogP contribution in [0.4, 0.5) is 0 Å². The second-order valence-electron chi connectivity index (χ2n) is 8.23. The molecule has 0 aliphatic carbocycles. The first kappa shape index (κ1) is 20.1. The highest BCUT2D eigenvalue weighted by atomic mass is 28.3. The van der Waals surface area contributed by atoms with Gasteiger partial charge in [-0.05, 0) is 24.4 Å². The molecule has 0 radical (unpaired) electrons. The molecule has 1 fully saturated rings. The molecule has 29 heavy (non-hydrogen) atoms. The Morgan fingerprint density at radius 3 is 1.86 bits per heavy atom. The third-order valence-corrected chi connectivity index (χ3v) is 10.6. The van der Waals surface area contributed by atoms with E-state index in [2.05, 4.69) is 91.5 Å². The second-order valence-corrected chi connectivity index (χ2v) is 12.5. The van der Waals surface area contributed by atoms with Crippen LogP contribution in [0.1, 0.15) is 18.4 Å². The van der Waals surface area contributed by atoms with Crippen molar-refractivity contribution >= 4 is 18.4 Å². The third kappa shape index (κ3) is 5.05. The van der Waals surface area contributed by atoms with Gasteiger partial charge in [-0.1, -0.05) is 108 Å². The van der Waals surface area contributed by atoms with Crippen molar-refractivity contribution in [2.75, 3.05) is 6.61 Å². The molecule has 1 saturated heterocycles. The number of benzene rings is 3. The summed E-state index contributed by atoms with van der Waals surface area (Å²) in [5, 5.41) is 2.97. The van der Waals surface area contributed by atoms with Crippen LogP contribution in [0, 0.1) is 0 Å². The van der Waals surface area contributed by atoms with E-state index in [9.17, 15) is 0 Å². The van der Waals surface area contributed by atoms with E-state index in [0.29, 0.717) is 19.3 Å². The number of hydrogen-bond acceptors (Lipinski definition) is 2. The number of hydrogen-bond donors (Lipinski definition) is 0. The maximum absolute atomic E-state index is 6.45. The SMILES string of the molecule is C[Si](C[C@@H]1CC[C@@H](COCc2ccccc2)O1)(c1ccccc1)c1ccccc1. The van der Waals surface area contributed by atoms with Crippen LogP contribution in [0.15, 0.2) is 91.0 Å². The summed E-state index contributed by atoms with van der Waals surface area (Å²) in [5.41, 5.74) is 1.22. The topological polar surface area (TPSA) is 18.5 Å². The van der Waals surface area contributed by atoms with Gasteiger partial charge in [0.1, 0.15) is 8.07 Å². The van der Waals surface area contributed by atoms with Gasteiger partial charge in [0.05, 0.1) is 25.4 Å². The Labute approximate surface area is 175 Å². The van der Waals surface area contributed by atoms with E-state index in [4.69, 9.17) is 9.47 Å². The van der Waals surface area contributed by atoms with Gasteiger partial charge < -0.3 is 9.47 Å². The molecule has 1 heterocycles. The molecular weight excluding hydrogens is 372 g/mol. The molecule has 0 N–H and O–H groups in total. The van der Waals surface area contributed by atoms with Gasteiger partial charge in [0, 0.05) is 0 Å². The summed E-state index contributed by atoms with van der Waals surface area (Å²) in [5.74, 6) is 0. The van der Waals surface area contributed by atoms with Gasteiger partial charge in [0.2, 0.25) is 0 Å². The molecule has 3 heteroatoms. The molecule has 3 aromatic carbocycles. The Kier molecular flexibility index (Phi) is 6.60. The van der Waals surface area contributed by atoms with Crippen LogP contribution in [-0.2, 0) is 16.1 Å². The van der Waals surface area contributed by atoms with E-state index in [-0.39, 0.29) is 6.10 Å². The van der Waals surface area contributed by atoms with Crippen molar-refractivity contribution in [3.63, 3.8) is 0 Å². The number of ether oxygens (including phenoxy) is 2. The minimum absolute atomic E-state index is 0.216. The molecule has 2 nitrogen and oxygen atoms in total. The van der Waals surface area contributed by atoms with E-state index in [0.717, 1.165) is 18.9 Å². The van der Waals surface area contributed by atoms with Crippen LogP contribution in [0.2, 0.25) is 12.6 Å². The fraction of sp³-hybridized carbons (Fsp3) is 0.308. The van der Waals surface area contributed by atoms with Gasteiger partial charge in [-0.2, -0.15) is 0 Å². The van der Waals surface area contributed by atoms with Crippen molar-refractivity contribution < 1.29 is 9.47 Å². The van der Waals surface area contributed by atoms with Gasteiger partial charge in [-0.25, -0.2) is 0 Å². The summed E-state index contributed by atoms with van der Waals surface area (Å²) in [6.07, 6.45) is 2.75. The van der Waals surface area contributed by atoms with Crippen molar-refractivity contribution in [3.05, 3.63) is 96.6 Å². The Balaban J connectivity index is 1.39. The monoisotopic (exact) mass is 402 g/mol. The molecule has 0 bridgehead atoms. The minimum Gasteiger partial charge on any atom is -0.374 e. The lowest BCUT2D eigenvalue weighted by atomic mass is 10.2. The highest BCUT2D eigenvalue weighted by Crippen LogP contribution is 2.27. The molecule has 4 rings (SSSR count). The quantitative estimate of drug-likeness (QED) is 0.511. The van der Waals surface area contributed by atoms with Crippen molar-refractivity contribution in [1.82, 2.24) is 0 Å². The van der Waals surface area contributed by atoms with Gasteiger partial charge in [-0.15, -0.1) is 0 Å². The van der Waals surface area contributed by atoms with Crippen LogP contribution in [-0.4, -0.2) is 26.9 Å². The Morgan fingerprint density at radius 2 is 1.28 bits per heavy atom. The molecule has 0 unspecified atom stereocenters. The second kappa shape index (κ2) is 9.53. The molecule has 0 saturated carbocycles. The fourth-order valence-electron chi connectivity index (χ4n) is 4.41. The van der Waals surface area contributed by atoms with Crippen molar-refractivity contribution in [1.29, 1.82) is 0 Å². The summed E-state index contributed by atoms with van der Waals surface area (Å²) < 4.78 is 12.4. The number of rotatable bonds is 8. The first-order valence-corrected chi connectivity index (χ1v) is 13.3. The lowest BCUT2D eigenvalue weighted by molar-refractivity contribution is -0.0144. The normalized spacial score (nSPS) is 19.3. The highest BCUT2D eigenvalue weighted by molar-refractivity contribution is 7.01. The minimum atomic E-state index is -1.85. The molecule has 2 atom stereocenters. The summed E-state index contributed by atoms with van der Waals surface area (Å²) in [7, 11) is -1.85. The maximum Gasteiger partial charge on any atom is 0.117 e. The van der Waals surface area contributed by atoms with Gasteiger partial charge in [-0.3, -0.25) is 0 Å². The van der Waals surface area contributed by atoms with E-state index in [1.807, 2.05) is 6.07 Å². The molecule has 0 amide bonds. The first-order chi connectivity index (χ1) is 14.2. The third-order valence-electron chi connectivity index (χ3n) is 6.07. The fourth-order valence-corrected chi connectivity index (χ4v) is 8.28. The summed E-state index contributed by atoms with van der Waals surface area (Å²) in [6.45, 7) is 3.83. The molecule has 0 spiro atoms. The largest absolute Gasteiger partial charge is 0.374 e. The predicted molar refractivity (Wildman–Crippen MR) is 123 cm³/mol. The van der Waals surface area contributed by atoms with Crippen molar-refractivity contribution in [3.8, 4) is 0 Å². The van der Waals surface area contributed by atoms with E-state index < -0.39 is 8.07 Å². The van der Waals surface area contributed by atoms with E-state index in [1.165, 1.54) is 15.9 Å². The molecule has 1 aliphatic rings. The summed E-state index contributed by atoms with van der Waals surface area (Å²) >= 11 is 0. The Hall–Kier alpha value is -2.20. The standard InChI is InChI=1S/C26H30O2Si/c1-29(25-13-7-3-8-14-25,26-15-9-4-10-16-26)21-24-18-17-23(28-24)20-27-19-22-11-5-2-6-12-22/h2-16,23-24H,17-21H2,1H3/t23-,24-/m0/s1. The van der Waals surface area contributed by atoms with Crippen LogP contribution < -0.4 is 10.4 Å². The van der Waals surface area contributed by atoms with Gasteiger partial charge in [0.15, 0.2) is 0 Å². The zero-order chi connectivity index (χ0) is 19.9. The van der Waals surface area contributed by atoms with Crippen LogP contribution in [0.25, 0.3) is 0 Å². The highest BCUT2D eigenvalue weighted by Gasteiger charge is 2.37. The van der Waals surface area contributed by atoms with E-state index in [1.54, 1.807) is 0 Å². The zero-order valence-corrected chi connectivity index (χ0v) is 18.2. The van der Waals surface area contributed by atoms with E-state index >= 15 is 0 Å². The average molecular weight is 403 g/mol. The maximum atomic E-state index is 6.45. The lowest BCUT2D eigenvalue weighted by Gasteiger charge is -2.31. The van der Waals surface area contributed by atoms with Crippen molar-refractivity contribution in [2.45, 2.75) is 44.2 Å². The average Bonchev–Trinajstić information content (AvgIpc) is 3.22. The molecule has 150 valence electrons.